The van der Waals surface area contributed by atoms with Crippen molar-refractivity contribution in [2.75, 3.05) is 13.1 Å². The molecule has 1 fully saturated rings. The van der Waals surface area contributed by atoms with E-state index in [1.165, 1.54) is 11.3 Å². The van der Waals surface area contributed by atoms with Crippen LogP contribution in [0.25, 0.3) is 0 Å². The van der Waals surface area contributed by atoms with Gasteiger partial charge in [-0.2, -0.15) is 0 Å². The van der Waals surface area contributed by atoms with E-state index < -0.39 is 11.7 Å². The van der Waals surface area contributed by atoms with E-state index in [4.69, 9.17) is 4.74 Å². The molecule has 134 valence electrons. The average Bonchev–Trinajstić information content (AvgIpc) is 3.08. The zero-order valence-electron chi connectivity index (χ0n) is 15.2. The summed E-state index contributed by atoms with van der Waals surface area (Å²) in [5.41, 5.74) is 0.623. The highest BCUT2D eigenvalue weighted by molar-refractivity contribution is 7.12. The molecule has 0 bridgehead atoms. The van der Waals surface area contributed by atoms with Gasteiger partial charge in [-0.3, -0.25) is 4.79 Å². The number of amides is 2. The minimum Gasteiger partial charge on any atom is -0.444 e. The van der Waals surface area contributed by atoms with E-state index in [1.807, 2.05) is 37.1 Å². The lowest BCUT2D eigenvalue weighted by Gasteiger charge is -2.22. The molecule has 0 saturated carbocycles. The van der Waals surface area contributed by atoms with Crippen molar-refractivity contribution in [1.29, 1.82) is 0 Å². The number of aryl methyl sites for hydroxylation is 1. The molecule has 2 atom stereocenters. The van der Waals surface area contributed by atoms with Crippen LogP contribution in [-0.2, 0) is 11.2 Å². The first-order chi connectivity index (χ1) is 11.2. The van der Waals surface area contributed by atoms with Crippen LogP contribution in [0.1, 0.15) is 56.3 Å². The number of carbonyl (C=O) groups excluding carboxylic acids is 2. The molecule has 1 N–H and O–H groups in total. The minimum atomic E-state index is -0.495. The van der Waals surface area contributed by atoms with Crippen LogP contribution in [0.15, 0.2) is 11.4 Å². The van der Waals surface area contributed by atoms with Gasteiger partial charge in [-0.05, 0) is 63.5 Å². The predicted molar refractivity (Wildman–Crippen MR) is 96.5 cm³/mol. The van der Waals surface area contributed by atoms with E-state index in [9.17, 15) is 9.59 Å². The van der Waals surface area contributed by atoms with Crippen LogP contribution in [0.2, 0.25) is 0 Å². The smallest absolute Gasteiger partial charge is 0.407 e. The van der Waals surface area contributed by atoms with Crippen LogP contribution in [0.5, 0.6) is 0 Å². The summed E-state index contributed by atoms with van der Waals surface area (Å²) in [6.45, 7) is 10.9. The lowest BCUT2D eigenvalue weighted by Crippen LogP contribution is -2.37. The zero-order chi connectivity index (χ0) is 17.9. The Morgan fingerprint density at radius 1 is 1.42 bits per heavy atom. The van der Waals surface area contributed by atoms with Gasteiger partial charge in [-0.1, -0.05) is 6.92 Å². The highest BCUT2D eigenvalue weighted by Crippen LogP contribution is 2.27. The van der Waals surface area contributed by atoms with Gasteiger partial charge in [0.25, 0.3) is 5.91 Å². The van der Waals surface area contributed by atoms with Crippen molar-refractivity contribution in [3.8, 4) is 0 Å². The van der Waals surface area contributed by atoms with E-state index in [0.717, 1.165) is 23.3 Å². The van der Waals surface area contributed by atoms with E-state index in [-0.39, 0.29) is 17.9 Å². The van der Waals surface area contributed by atoms with E-state index in [1.54, 1.807) is 0 Å². The lowest BCUT2D eigenvalue weighted by molar-refractivity contribution is 0.0520. The summed E-state index contributed by atoms with van der Waals surface area (Å²) in [4.78, 5) is 27.4. The molecular formula is C18H28N2O3S. The number of likely N-dealkylation sites (tertiary alicyclic amines) is 1. The molecule has 6 heteroatoms. The summed E-state index contributed by atoms with van der Waals surface area (Å²) in [7, 11) is 0. The van der Waals surface area contributed by atoms with Gasteiger partial charge >= 0.3 is 6.09 Å². The van der Waals surface area contributed by atoms with Crippen molar-refractivity contribution < 1.29 is 14.3 Å². The zero-order valence-corrected chi connectivity index (χ0v) is 16.0. The summed E-state index contributed by atoms with van der Waals surface area (Å²) < 4.78 is 5.26. The summed E-state index contributed by atoms with van der Waals surface area (Å²) in [5, 5.41) is 4.80. The van der Waals surface area contributed by atoms with Crippen LogP contribution in [0.3, 0.4) is 0 Å². The number of hydrogen-bond donors (Lipinski definition) is 1. The number of ether oxygens (including phenoxy) is 1. The van der Waals surface area contributed by atoms with E-state index in [0.29, 0.717) is 13.1 Å². The van der Waals surface area contributed by atoms with Crippen molar-refractivity contribution in [3.63, 3.8) is 0 Å². The third kappa shape index (κ3) is 4.72. The van der Waals surface area contributed by atoms with Gasteiger partial charge in [0.05, 0.1) is 4.88 Å². The predicted octanol–water partition coefficient (Wildman–Crippen LogP) is 3.69. The Hall–Kier alpha value is -1.56. The Bertz CT molecular complexity index is 591. The van der Waals surface area contributed by atoms with Gasteiger partial charge in [0.1, 0.15) is 5.60 Å². The second kappa shape index (κ2) is 7.55. The van der Waals surface area contributed by atoms with Crippen molar-refractivity contribution in [2.45, 2.75) is 59.1 Å². The summed E-state index contributed by atoms with van der Waals surface area (Å²) >= 11 is 1.52. The SMILES string of the molecule is CCc1ccsc1C(=O)N1C[C@@H](CNC(=O)OC(C)(C)C)C[C@H]1C. The number of nitrogens with one attached hydrogen (secondary N) is 1. The molecule has 1 aromatic rings. The van der Waals surface area contributed by atoms with Gasteiger partial charge in [0.15, 0.2) is 0 Å². The maximum absolute atomic E-state index is 12.8. The molecule has 1 aliphatic rings. The van der Waals surface area contributed by atoms with E-state index >= 15 is 0 Å². The Morgan fingerprint density at radius 2 is 2.12 bits per heavy atom. The third-order valence-corrected chi connectivity index (χ3v) is 5.12. The molecule has 1 saturated heterocycles. The first kappa shape index (κ1) is 18.8. The van der Waals surface area contributed by atoms with Crippen molar-refractivity contribution in [3.05, 3.63) is 21.9 Å². The fraction of sp³-hybridized carbons (Fsp3) is 0.667. The fourth-order valence-electron chi connectivity index (χ4n) is 3.05. The summed E-state index contributed by atoms with van der Waals surface area (Å²) in [6, 6.07) is 2.22. The van der Waals surface area contributed by atoms with Gasteiger partial charge in [-0.25, -0.2) is 4.79 Å². The molecule has 2 amide bonds. The van der Waals surface area contributed by atoms with Crippen LogP contribution in [-0.4, -0.2) is 41.6 Å². The number of hydrogen-bond acceptors (Lipinski definition) is 4. The van der Waals surface area contributed by atoms with Crippen molar-refractivity contribution in [1.82, 2.24) is 10.2 Å². The number of thiophene rings is 1. The fourth-order valence-corrected chi connectivity index (χ4v) is 4.00. The first-order valence-electron chi connectivity index (χ1n) is 8.55. The number of alkyl carbamates (subject to hydrolysis) is 1. The van der Waals surface area contributed by atoms with Gasteiger partial charge in [0, 0.05) is 19.1 Å². The van der Waals surface area contributed by atoms with Gasteiger partial charge < -0.3 is 15.0 Å². The second-order valence-corrected chi connectivity index (χ2v) is 8.34. The Balaban J connectivity index is 1.90. The Kier molecular flexibility index (Phi) is 5.91. The highest BCUT2D eigenvalue weighted by Gasteiger charge is 2.34. The monoisotopic (exact) mass is 352 g/mol. The molecule has 1 aliphatic heterocycles. The second-order valence-electron chi connectivity index (χ2n) is 7.42. The van der Waals surface area contributed by atoms with Crippen LogP contribution < -0.4 is 5.32 Å². The minimum absolute atomic E-state index is 0.120. The molecule has 0 spiro atoms. The summed E-state index contributed by atoms with van der Waals surface area (Å²) in [5.74, 6) is 0.385. The number of carbonyl (C=O) groups is 2. The summed E-state index contributed by atoms with van der Waals surface area (Å²) in [6.07, 6.45) is 1.37. The van der Waals surface area contributed by atoms with Gasteiger partial charge in [-0.15, -0.1) is 11.3 Å². The lowest BCUT2D eigenvalue weighted by atomic mass is 10.1. The van der Waals surface area contributed by atoms with Crippen LogP contribution in [0, 0.1) is 5.92 Å². The molecule has 0 unspecified atom stereocenters. The molecule has 0 aliphatic carbocycles. The number of rotatable bonds is 4. The van der Waals surface area contributed by atoms with Crippen molar-refractivity contribution in [2.24, 2.45) is 5.92 Å². The molecule has 24 heavy (non-hydrogen) atoms. The largest absolute Gasteiger partial charge is 0.444 e. The quantitative estimate of drug-likeness (QED) is 0.899. The molecular weight excluding hydrogens is 324 g/mol. The first-order valence-corrected chi connectivity index (χ1v) is 9.43. The third-order valence-electron chi connectivity index (χ3n) is 4.18. The molecule has 1 aromatic heterocycles. The maximum Gasteiger partial charge on any atom is 0.407 e. The van der Waals surface area contributed by atoms with Crippen LogP contribution in [0.4, 0.5) is 4.79 Å². The maximum atomic E-state index is 12.8. The highest BCUT2D eigenvalue weighted by atomic mass is 32.1. The molecule has 2 rings (SSSR count). The van der Waals surface area contributed by atoms with Gasteiger partial charge in [0.2, 0.25) is 0 Å². The van der Waals surface area contributed by atoms with Crippen LogP contribution >= 0.6 is 11.3 Å². The molecule has 0 aromatic carbocycles. The molecule has 0 radical (unpaired) electrons. The molecule has 2 heterocycles. The van der Waals surface area contributed by atoms with E-state index in [2.05, 4.69) is 19.2 Å². The Labute approximate surface area is 148 Å². The van der Waals surface area contributed by atoms with Crippen molar-refractivity contribution >= 4 is 23.3 Å². The average molecular weight is 353 g/mol. The normalized spacial score (nSPS) is 21.0. The topological polar surface area (TPSA) is 58.6 Å². The standard InChI is InChI=1S/C18H28N2O3S/c1-6-14-7-8-24-15(14)16(21)20-11-13(9-12(20)2)10-19-17(22)23-18(3,4)5/h7-8,12-13H,6,9-11H2,1-5H3,(H,19,22)/t12-,13-/m1/s1. The Morgan fingerprint density at radius 3 is 2.75 bits per heavy atom. The number of nitrogens with zero attached hydrogens (tertiary/aromatic N) is 1. The molecule has 5 nitrogen and oxygen atoms in total.